The van der Waals surface area contributed by atoms with E-state index in [2.05, 4.69) is 18.9 Å². The van der Waals surface area contributed by atoms with Crippen molar-refractivity contribution in [3.63, 3.8) is 0 Å². The summed E-state index contributed by atoms with van der Waals surface area (Å²) in [5.41, 5.74) is 0. The van der Waals surface area contributed by atoms with Gasteiger partial charge in [-0.1, -0.05) is 0 Å². The lowest BCUT2D eigenvalue weighted by Gasteiger charge is -2.05. The summed E-state index contributed by atoms with van der Waals surface area (Å²) in [5.74, 6) is -1.48. The molecule has 0 aliphatic carbocycles. The molecule has 0 aliphatic heterocycles. The van der Waals surface area contributed by atoms with E-state index >= 15 is 0 Å². The number of hydrogen-bond donors (Lipinski definition) is 1. The minimum Gasteiger partial charge on any atom is -0.469 e. The molecule has 0 aromatic rings. The van der Waals surface area contributed by atoms with Crippen LogP contribution in [-0.2, 0) is 28.5 Å². The molecule has 0 heterocycles. The highest BCUT2D eigenvalue weighted by molar-refractivity contribution is 5.91. The van der Waals surface area contributed by atoms with Crippen LogP contribution in [0.25, 0.3) is 0 Å². The summed E-state index contributed by atoms with van der Waals surface area (Å²) < 4.78 is 17.6. The van der Waals surface area contributed by atoms with Gasteiger partial charge in [-0.2, -0.15) is 0 Å². The molecule has 0 bridgehead atoms. The lowest BCUT2D eigenvalue weighted by molar-refractivity contribution is -0.153. The third kappa shape index (κ3) is 9.12. The highest BCUT2D eigenvalue weighted by Crippen LogP contribution is 1.91. The van der Waals surface area contributed by atoms with Crippen molar-refractivity contribution in [2.24, 2.45) is 0 Å². The Bertz CT molecular complexity index is 262. The van der Waals surface area contributed by atoms with Crippen LogP contribution in [0, 0.1) is 0 Å². The fourth-order valence-corrected chi connectivity index (χ4v) is 0.692. The second-order valence-electron chi connectivity index (χ2n) is 2.64. The van der Waals surface area contributed by atoms with Crippen molar-refractivity contribution in [2.75, 3.05) is 33.5 Å². The van der Waals surface area contributed by atoms with Gasteiger partial charge < -0.3 is 24.1 Å². The quantitative estimate of drug-likeness (QED) is 0.272. The molecule has 0 aromatic carbocycles. The molecule has 0 fully saturated rings. The molecular formula is C9H14O8. The summed E-state index contributed by atoms with van der Waals surface area (Å²) in [6.45, 7) is -0.856. The lowest BCUT2D eigenvalue weighted by Crippen LogP contribution is -2.17. The molecule has 0 rings (SSSR count). The van der Waals surface area contributed by atoms with E-state index in [4.69, 9.17) is 5.11 Å². The molecule has 0 saturated heterocycles. The number of aliphatic hydroxyl groups is 1. The third-order valence-electron chi connectivity index (χ3n) is 1.39. The number of hydrogen-bond acceptors (Lipinski definition) is 8. The highest BCUT2D eigenvalue weighted by Gasteiger charge is 2.11. The summed E-state index contributed by atoms with van der Waals surface area (Å²) in [5, 5.41) is 8.32. The molecule has 8 nitrogen and oxygen atoms in total. The summed E-state index contributed by atoms with van der Waals surface area (Å²) in [6.07, 6.45) is -1.46. The molecule has 0 spiro atoms. The monoisotopic (exact) mass is 250 g/mol. The van der Waals surface area contributed by atoms with E-state index in [0.29, 0.717) is 0 Å². The minimum atomic E-state index is -0.969. The maximum atomic E-state index is 10.9. The SMILES string of the molecule is COC(=O)CC(=O)OCCOC(=O)OCCO. The van der Waals surface area contributed by atoms with Crippen LogP contribution >= 0.6 is 0 Å². The second kappa shape index (κ2) is 9.40. The molecule has 1 N–H and O–H groups in total. The van der Waals surface area contributed by atoms with Crippen molar-refractivity contribution in [1.82, 2.24) is 0 Å². The van der Waals surface area contributed by atoms with Crippen LogP contribution in [-0.4, -0.2) is 56.7 Å². The molecule has 98 valence electrons. The van der Waals surface area contributed by atoms with Crippen molar-refractivity contribution >= 4 is 18.1 Å². The summed E-state index contributed by atoms with van der Waals surface area (Å²) >= 11 is 0. The molecule has 8 heteroatoms. The number of aliphatic hydroxyl groups excluding tert-OH is 1. The van der Waals surface area contributed by atoms with Gasteiger partial charge in [-0.05, 0) is 0 Å². The Morgan fingerprint density at radius 2 is 1.53 bits per heavy atom. The number of methoxy groups -OCH3 is 1. The Morgan fingerprint density at radius 1 is 0.941 bits per heavy atom. The van der Waals surface area contributed by atoms with Crippen LogP contribution in [0.15, 0.2) is 0 Å². The summed E-state index contributed by atoms with van der Waals surface area (Å²) in [4.78, 5) is 32.2. The first-order valence-electron chi connectivity index (χ1n) is 4.73. The van der Waals surface area contributed by atoms with Gasteiger partial charge in [0.2, 0.25) is 0 Å². The summed E-state index contributed by atoms with van der Waals surface area (Å²) in [6, 6.07) is 0. The van der Waals surface area contributed by atoms with E-state index in [0.717, 1.165) is 7.11 Å². The van der Waals surface area contributed by atoms with Crippen molar-refractivity contribution in [3.05, 3.63) is 0 Å². The normalized spacial score (nSPS) is 9.29. The van der Waals surface area contributed by atoms with Gasteiger partial charge in [0, 0.05) is 0 Å². The van der Waals surface area contributed by atoms with Crippen molar-refractivity contribution < 1.29 is 38.4 Å². The largest absolute Gasteiger partial charge is 0.508 e. The number of rotatable bonds is 7. The zero-order valence-electron chi connectivity index (χ0n) is 9.34. The molecular weight excluding hydrogens is 236 g/mol. The Morgan fingerprint density at radius 3 is 2.12 bits per heavy atom. The number of ether oxygens (including phenoxy) is 4. The van der Waals surface area contributed by atoms with Crippen molar-refractivity contribution in [3.8, 4) is 0 Å². The Labute approximate surface area is 97.4 Å². The van der Waals surface area contributed by atoms with Gasteiger partial charge >= 0.3 is 18.1 Å². The van der Waals surface area contributed by atoms with E-state index < -0.39 is 24.5 Å². The van der Waals surface area contributed by atoms with E-state index in [1.54, 1.807) is 0 Å². The molecule has 0 atom stereocenters. The predicted molar refractivity (Wildman–Crippen MR) is 52.0 cm³/mol. The zero-order valence-corrected chi connectivity index (χ0v) is 9.34. The van der Waals surface area contributed by atoms with Gasteiger partial charge in [-0.15, -0.1) is 0 Å². The molecule has 17 heavy (non-hydrogen) atoms. The van der Waals surface area contributed by atoms with Gasteiger partial charge in [-0.25, -0.2) is 4.79 Å². The Hall–Kier alpha value is -1.83. The standard InChI is InChI=1S/C9H14O8/c1-14-7(11)6-8(12)15-4-5-17-9(13)16-3-2-10/h10H,2-6H2,1H3. The highest BCUT2D eigenvalue weighted by atomic mass is 16.7. The fourth-order valence-electron chi connectivity index (χ4n) is 0.692. The summed E-state index contributed by atoms with van der Waals surface area (Å²) in [7, 11) is 1.15. The van der Waals surface area contributed by atoms with E-state index in [9.17, 15) is 14.4 Å². The molecule has 0 unspecified atom stereocenters. The van der Waals surface area contributed by atoms with E-state index in [1.807, 2.05) is 0 Å². The Kier molecular flexibility index (Phi) is 8.39. The van der Waals surface area contributed by atoms with Crippen LogP contribution in [0.3, 0.4) is 0 Å². The van der Waals surface area contributed by atoms with Gasteiger partial charge in [-0.3, -0.25) is 9.59 Å². The molecule has 0 saturated carbocycles. The second-order valence-corrected chi connectivity index (χ2v) is 2.64. The third-order valence-corrected chi connectivity index (χ3v) is 1.39. The number of carbonyl (C=O) groups excluding carboxylic acids is 3. The first-order chi connectivity index (χ1) is 8.10. The molecule has 0 aliphatic rings. The van der Waals surface area contributed by atoms with Crippen LogP contribution in [0.1, 0.15) is 6.42 Å². The van der Waals surface area contributed by atoms with E-state index in [1.165, 1.54) is 0 Å². The van der Waals surface area contributed by atoms with Crippen LogP contribution < -0.4 is 0 Å². The van der Waals surface area contributed by atoms with Gasteiger partial charge in [0.25, 0.3) is 0 Å². The predicted octanol–water partition coefficient (Wildman–Crippen LogP) is -0.762. The maximum Gasteiger partial charge on any atom is 0.508 e. The lowest BCUT2D eigenvalue weighted by atomic mass is 10.4. The van der Waals surface area contributed by atoms with Crippen molar-refractivity contribution in [1.29, 1.82) is 0 Å². The Balaban J connectivity index is 3.47. The number of carbonyl (C=O) groups is 3. The average molecular weight is 250 g/mol. The molecule has 0 aromatic heterocycles. The van der Waals surface area contributed by atoms with E-state index in [-0.39, 0.29) is 26.4 Å². The maximum absolute atomic E-state index is 10.9. The van der Waals surface area contributed by atoms with Crippen molar-refractivity contribution in [2.45, 2.75) is 6.42 Å². The zero-order chi connectivity index (χ0) is 13.1. The average Bonchev–Trinajstić information content (AvgIpc) is 2.31. The van der Waals surface area contributed by atoms with Crippen LogP contribution in [0.5, 0.6) is 0 Å². The molecule has 0 radical (unpaired) electrons. The minimum absolute atomic E-state index is 0.166. The first kappa shape index (κ1) is 15.2. The first-order valence-corrected chi connectivity index (χ1v) is 4.73. The van der Waals surface area contributed by atoms with Gasteiger partial charge in [0.05, 0.1) is 13.7 Å². The van der Waals surface area contributed by atoms with Crippen LogP contribution in [0.4, 0.5) is 4.79 Å². The molecule has 0 amide bonds. The van der Waals surface area contributed by atoms with Crippen LogP contribution in [0.2, 0.25) is 0 Å². The topological polar surface area (TPSA) is 108 Å². The fraction of sp³-hybridized carbons (Fsp3) is 0.667. The van der Waals surface area contributed by atoms with Gasteiger partial charge in [0.15, 0.2) is 0 Å². The van der Waals surface area contributed by atoms with Gasteiger partial charge in [0.1, 0.15) is 26.2 Å². The smallest absolute Gasteiger partial charge is 0.469 e. The number of esters is 2.